The highest BCUT2D eigenvalue weighted by molar-refractivity contribution is 5.93. The summed E-state index contributed by atoms with van der Waals surface area (Å²) in [5.41, 5.74) is 3.68. The van der Waals surface area contributed by atoms with E-state index in [1.165, 1.54) is 0 Å². The van der Waals surface area contributed by atoms with Crippen molar-refractivity contribution in [2.75, 3.05) is 19.4 Å². The van der Waals surface area contributed by atoms with Gasteiger partial charge < -0.3 is 19.5 Å². The zero-order valence-corrected chi connectivity index (χ0v) is 19.0. The van der Waals surface area contributed by atoms with E-state index in [0.717, 1.165) is 33.5 Å². The Kier molecular flexibility index (Phi) is 6.13. The number of rotatable bonds is 8. The molecule has 2 heterocycles. The molecule has 8 nitrogen and oxygen atoms in total. The molecule has 0 unspecified atom stereocenters. The molecule has 170 valence electrons. The number of anilines is 2. The van der Waals surface area contributed by atoms with Crippen molar-refractivity contribution in [2.45, 2.75) is 13.2 Å². The molecule has 0 radical (unpaired) electrons. The van der Waals surface area contributed by atoms with Crippen LogP contribution in [-0.4, -0.2) is 39.1 Å². The van der Waals surface area contributed by atoms with Crippen LogP contribution in [0.4, 0.5) is 11.5 Å². The quantitative estimate of drug-likeness (QED) is 0.349. The maximum absolute atomic E-state index is 5.88. The van der Waals surface area contributed by atoms with Crippen molar-refractivity contribution in [3.8, 4) is 17.1 Å². The van der Waals surface area contributed by atoms with E-state index >= 15 is 0 Å². The average Bonchev–Trinajstić information content (AvgIpc) is 3.32. The lowest BCUT2D eigenvalue weighted by Gasteiger charge is -2.10. The predicted molar refractivity (Wildman–Crippen MR) is 131 cm³/mol. The summed E-state index contributed by atoms with van der Waals surface area (Å²) in [5.74, 6) is 2.60. The first kappa shape index (κ1) is 21.5. The van der Waals surface area contributed by atoms with Gasteiger partial charge in [-0.1, -0.05) is 35.5 Å². The number of hydrogen-bond donors (Lipinski definition) is 1. The molecule has 0 spiro atoms. The van der Waals surface area contributed by atoms with Crippen molar-refractivity contribution in [1.29, 1.82) is 0 Å². The van der Waals surface area contributed by atoms with Crippen LogP contribution in [0.1, 0.15) is 11.5 Å². The highest BCUT2D eigenvalue weighted by atomic mass is 16.5. The monoisotopic (exact) mass is 452 g/mol. The number of hydrogen-bond acceptors (Lipinski definition) is 8. The summed E-state index contributed by atoms with van der Waals surface area (Å²) in [6, 6.07) is 23.7. The second kappa shape index (κ2) is 9.68. The number of ether oxygens (including phenoxy) is 1. The predicted octanol–water partition coefficient (Wildman–Crippen LogP) is 5.06. The Hall–Kier alpha value is -4.30. The number of benzene rings is 3. The van der Waals surface area contributed by atoms with Gasteiger partial charge in [-0.25, -0.2) is 9.97 Å². The molecule has 0 aliphatic carbocycles. The zero-order valence-electron chi connectivity index (χ0n) is 19.0. The van der Waals surface area contributed by atoms with Crippen molar-refractivity contribution in [2.24, 2.45) is 0 Å². The van der Waals surface area contributed by atoms with Gasteiger partial charge in [0, 0.05) is 16.6 Å². The molecule has 3 aromatic carbocycles. The van der Waals surface area contributed by atoms with Crippen LogP contribution in [0.3, 0.4) is 0 Å². The van der Waals surface area contributed by atoms with Gasteiger partial charge in [0.05, 0.1) is 12.1 Å². The smallest absolute Gasteiger partial charge is 0.241 e. The molecule has 8 heteroatoms. The fourth-order valence-corrected chi connectivity index (χ4v) is 3.51. The van der Waals surface area contributed by atoms with Crippen molar-refractivity contribution >= 4 is 22.4 Å². The van der Waals surface area contributed by atoms with Gasteiger partial charge in [0.1, 0.15) is 24.5 Å². The highest BCUT2D eigenvalue weighted by Gasteiger charge is 2.12. The summed E-state index contributed by atoms with van der Waals surface area (Å²) in [6.45, 7) is 1.11. The topological polar surface area (TPSA) is 89.2 Å². The molecule has 5 aromatic rings. The minimum absolute atomic E-state index is 0.527. The SMILES string of the molecule is CN(C)Cc1nc(-c2ccc3ncnc(Nc4ccc(OCc5ccccc5)cc4)c3c2)no1. The minimum atomic E-state index is 0.527. The third kappa shape index (κ3) is 5.02. The fraction of sp³-hybridized carbons (Fsp3) is 0.154. The summed E-state index contributed by atoms with van der Waals surface area (Å²) in [4.78, 5) is 15.3. The van der Waals surface area contributed by atoms with Gasteiger partial charge >= 0.3 is 0 Å². The van der Waals surface area contributed by atoms with Crippen molar-refractivity contribution in [3.63, 3.8) is 0 Å². The van der Waals surface area contributed by atoms with Crippen LogP contribution in [0.25, 0.3) is 22.3 Å². The molecular formula is C26H24N6O2. The summed E-state index contributed by atoms with van der Waals surface area (Å²) >= 11 is 0. The maximum atomic E-state index is 5.88. The lowest BCUT2D eigenvalue weighted by Crippen LogP contribution is -2.10. The van der Waals surface area contributed by atoms with Crippen LogP contribution in [0, 0.1) is 0 Å². The minimum Gasteiger partial charge on any atom is -0.489 e. The molecule has 0 atom stereocenters. The first-order valence-corrected chi connectivity index (χ1v) is 10.9. The maximum Gasteiger partial charge on any atom is 0.241 e. The lowest BCUT2D eigenvalue weighted by atomic mass is 10.1. The highest BCUT2D eigenvalue weighted by Crippen LogP contribution is 2.28. The van der Waals surface area contributed by atoms with Crippen LogP contribution in [0.15, 0.2) is 83.6 Å². The third-order valence-corrected chi connectivity index (χ3v) is 5.18. The molecule has 0 amide bonds. The Morgan fingerprint density at radius 3 is 2.56 bits per heavy atom. The van der Waals surface area contributed by atoms with Gasteiger partial charge in [-0.2, -0.15) is 4.98 Å². The summed E-state index contributed by atoms with van der Waals surface area (Å²) < 4.78 is 11.2. The average molecular weight is 453 g/mol. The molecule has 0 aliphatic rings. The standard InChI is InChI=1S/C26H24N6O2/c1-32(2)15-24-30-25(31-34-24)19-8-13-23-22(14-19)26(28-17-27-23)29-20-9-11-21(12-10-20)33-16-18-6-4-3-5-7-18/h3-14,17H,15-16H2,1-2H3,(H,27,28,29). The second-order valence-electron chi connectivity index (χ2n) is 8.13. The summed E-state index contributed by atoms with van der Waals surface area (Å²) in [7, 11) is 3.91. The van der Waals surface area contributed by atoms with Crippen molar-refractivity contribution in [1.82, 2.24) is 25.0 Å². The normalized spacial score (nSPS) is 11.1. The Balaban J connectivity index is 1.34. The third-order valence-electron chi connectivity index (χ3n) is 5.18. The van der Waals surface area contributed by atoms with Crippen LogP contribution in [0.5, 0.6) is 5.75 Å². The fourth-order valence-electron chi connectivity index (χ4n) is 3.51. The van der Waals surface area contributed by atoms with E-state index in [1.54, 1.807) is 6.33 Å². The molecule has 5 rings (SSSR count). The molecule has 0 saturated heterocycles. The molecule has 0 bridgehead atoms. The van der Waals surface area contributed by atoms with E-state index in [2.05, 4.69) is 25.4 Å². The van der Waals surface area contributed by atoms with E-state index in [9.17, 15) is 0 Å². The zero-order chi connectivity index (χ0) is 23.3. The Bertz CT molecular complexity index is 1380. The second-order valence-corrected chi connectivity index (χ2v) is 8.13. The Morgan fingerprint density at radius 1 is 0.941 bits per heavy atom. The van der Waals surface area contributed by atoms with E-state index in [4.69, 9.17) is 9.26 Å². The number of nitrogens with one attached hydrogen (secondary N) is 1. The van der Waals surface area contributed by atoms with E-state index in [1.807, 2.05) is 91.8 Å². The molecule has 2 aromatic heterocycles. The number of aromatic nitrogens is 4. The summed E-state index contributed by atoms with van der Waals surface area (Å²) in [6.07, 6.45) is 1.55. The first-order chi connectivity index (χ1) is 16.6. The van der Waals surface area contributed by atoms with E-state index in [-0.39, 0.29) is 0 Å². The number of fused-ring (bicyclic) bond motifs is 1. The molecule has 0 aliphatic heterocycles. The molecule has 0 saturated carbocycles. The molecular weight excluding hydrogens is 428 g/mol. The molecule has 34 heavy (non-hydrogen) atoms. The van der Waals surface area contributed by atoms with Crippen LogP contribution in [-0.2, 0) is 13.2 Å². The van der Waals surface area contributed by atoms with Crippen molar-refractivity contribution < 1.29 is 9.26 Å². The van der Waals surface area contributed by atoms with Gasteiger partial charge in [-0.15, -0.1) is 0 Å². The van der Waals surface area contributed by atoms with Gasteiger partial charge in [0.15, 0.2) is 0 Å². The molecule has 1 N–H and O–H groups in total. The Morgan fingerprint density at radius 2 is 1.76 bits per heavy atom. The van der Waals surface area contributed by atoms with E-state index < -0.39 is 0 Å². The Labute approximate surface area is 197 Å². The van der Waals surface area contributed by atoms with Crippen molar-refractivity contribution in [3.05, 3.63) is 90.6 Å². The number of nitrogens with zero attached hydrogens (tertiary/aromatic N) is 5. The van der Waals surface area contributed by atoms with Gasteiger partial charge in [0.2, 0.25) is 11.7 Å². The van der Waals surface area contributed by atoms with Crippen LogP contribution in [0.2, 0.25) is 0 Å². The lowest BCUT2D eigenvalue weighted by molar-refractivity contribution is 0.303. The summed E-state index contributed by atoms with van der Waals surface area (Å²) in [5, 5.41) is 8.37. The molecule has 0 fully saturated rings. The van der Waals surface area contributed by atoms with Crippen LogP contribution < -0.4 is 10.1 Å². The largest absolute Gasteiger partial charge is 0.489 e. The van der Waals surface area contributed by atoms with E-state index in [0.29, 0.717) is 30.7 Å². The van der Waals surface area contributed by atoms with Gasteiger partial charge in [0.25, 0.3) is 0 Å². The van der Waals surface area contributed by atoms with Crippen LogP contribution >= 0.6 is 0 Å². The van der Waals surface area contributed by atoms with Gasteiger partial charge in [-0.3, -0.25) is 0 Å². The first-order valence-electron chi connectivity index (χ1n) is 10.9. The van der Waals surface area contributed by atoms with Gasteiger partial charge in [-0.05, 0) is 62.1 Å².